The molecule has 20 heavy (non-hydrogen) atoms. The van der Waals surface area contributed by atoms with Crippen LogP contribution in [0.3, 0.4) is 0 Å². The van der Waals surface area contributed by atoms with Gasteiger partial charge in [-0.05, 0) is 49.9 Å². The molecule has 3 N–H and O–H groups in total. The van der Waals surface area contributed by atoms with Gasteiger partial charge in [0.2, 0.25) is 5.91 Å². The smallest absolute Gasteiger partial charge is 0.223 e. The molecule has 0 aromatic heterocycles. The maximum atomic E-state index is 11.8. The van der Waals surface area contributed by atoms with Gasteiger partial charge in [0, 0.05) is 17.1 Å². The Morgan fingerprint density at radius 3 is 2.55 bits per heavy atom. The highest BCUT2D eigenvalue weighted by Gasteiger charge is 2.19. The van der Waals surface area contributed by atoms with Crippen LogP contribution in [0.5, 0.6) is 5.75 Å². The van der Waals surface area contributed by atoms with Crippen molar-refractivity contribution in [2.45, 2.75) is 44.2 Å². The Balaban J connectivity index is 1.64. The van der Waals surface area contributed by atoms with E-state index in [0.29, 0.717) is 24.1 Å². The molecule has 2 rings (SSSR count). The molecule has 5 heteroatoms. The number of amides is 1. The summed E-state index contributed by atoms with van der Waals surface area (Å²) in [6.07, 6.45) is 4.31. The van der Waals surface area contributed by atoms with Crippen molar-refractivity contribution in [2.75, 3.05) is 6.61 Å². The van der Waals surface area contributed by atoms with Crippen molar-refractivity contribution in [1.82, 2.24) is 5.32 Å². The Kier molecular flexibility index (Phi) is 5.68. The first kappa shape index (κ1) is 15.1. The fourth-order valence-corrected chi connectivity index (χ4v) is 2.48. The van der Waals surface area contributed by atoms with Gasteiger partial charge in [-0.25, -0.2) is 0 Å². The predicted molar refractivity (Wildman–Crippen MR) is 79.9 cm³/mol. The van der Waals surface area contributed by atoms with Gasteiger partial charge in [-0.15, -0.1) is 0 Å². The van der Waals surface area contributed by atoms with E-state index < -0.39 is 0 Å². The number of nitrogens with two attached hydrogens (primary N) is 1. The molecule has 110 valence electrons. The summed E-state index contributed by atoms with van der Waals surface area (Å²) in [4.78, 5) is 11.8. The largest absolute Gasteiger partial charge is 0.493 e. The average molecular weight is 297 g/mol. The molecular formula is C15H21ClN2O2. The van der Waals surface area contributed by atoms with Gasteiger partial charge in [-0.3, -0.25) is 4.79 Å². The third-order valence-corrected chi connectivity index (χ3v) is 3.80. The van der Waals surface area contributed by atoms with Crippen LogP contribution in [0.1, 0.15) is 32.1 Å². The fourth-order valence-electron chi connectivity index (χ4n) is 2.36. The van der Waals surface area contributed by atoms with Crippen LogP contribution in [-0.4, -0.2) is 24.6 Å². The molecule has 1 amide bonds. The van der Waals surface area contributed by atoms with Crippen LogP contribution in [0.4, 0.5) is 0 Å². The van der Waals surface area contributed by atoms with E-state index in [2.05, 4.69) is 5.32 Å². The molecular weight excluding hydrogens is 276 g/mol. The number of hydrogen-bond donors (Lipinski definition) is 2. The maximum absolute atomic E-state index is 11.8. The number of halogens is 1. The summed E-state index contributed by atoms with van der Waals surface area (Å²) >= 11 is 5.79. The highest BCUT2D eigenvalue weighted by Crippen LogP contribution is 2.17. The monoisotopic (exact) mass is 296 g/mol. The SMILES string of the molecule is NC1CCC(NC(=O)CCOc2ccc(Cl)cc2)CC1. The van der Waals surface area contributed by atoms with E-state index >= 15 is 0 Å². The molecule has 1 fully saturated rings. The third kappa shape index (κ3) is 5.02. The van der Waals surface area contributed by atoms with Crippen LogP contribution < -0.4 is 15.8 Å². The molecule has 1 aliphatic rings. The van der Waals surface area contributed by atoms with Crippen molar-refractivity contribution in [3.05, 3.63) is 29.3 Å². The molecule has 1 aromatic carbocycles. The lowest BCUT2D eigenvalue weighted by atomic mass is 9.92. The van der Waals surface area contributed by atoms with Crippen molar-refractivity contribution in [3.8, 4) is 5.75 Å². The highest BCUT2D eigenvalue weighted by atomic mass is 35.5. The van der Waals surface area contributed by atoms with E-state index in [1.54, 1.807) is 24.3 Å². The first-order chi connectivity index (χ1) is 9.63. The van der Waals surface area contributed by atoms with Gasteiger partial charge in [-0.2, -0.15) is 0 Å². The van der Waals surface area contributed by atoms with Crippen LogP contribution in [-0.2, 0) is 4.79 Å². The molecule has 0 bridgehead atoms. The molecule has 1 saturated carbocycles. The zero-order valence-electron chi connectivity index (χ0n) is 11.5. The molecule has 0 spiro atoms. The minimum atomic E-state index is 0.0411. The minimum absolute atomic E-state index is 0.0411. The Hall–Kier alpha value is -1.26. The van der Waals surface area contributed by atoms with Crippen molar-refractivity contribution in [2.24, 2.45) is 5.73 Å². The maximum Gasteiger partial charge on any atom is 0.223 e. The van der Waals surface area contributed by atoms with Gasteiger partial charge in [0.15, 0.2) is 0 Å². The van der Waals surface area contributed by atoms with Crippen LogP contribution in [0.25, 0.3) is 0 Å². The van der Waals surface area contributed by atoms with E-state index in [1.807, 2.05) is 0 Å². The number of benzene rings is 1. The van der Waals surface area contributed by atoms with E-state index in [4.69, 9.17) is 22.1 Å². The third-order valence-electron chi connectivity index (χ3n) is 3.55. The number of hydrogen-bond acceptors (Lipinski definition) is 3. The van der Waals surface area contributed by atoms with Crippen molar-refractivity contribution in [1.29, 1.82) is 0 Å². The zero-order chi connectivity index (χ0) is 14.4. The predicted octanol–water partition coefficient (Wildman–Crippen LogP) is 2.50. The summed E-state index contributed by atoms with van der Waals surface area (Å²) in [5, 5.41) is 3.71. The molecule has 0 saturated heterocycles. The lowest BCUT2D eigenvalue weighted by Crippen LogP contribution is -2.40. The van der Waals surface area contributed by atoms with Crippen LogP contribution in [0.15, 0.2) is 24.3 Å². The topological polar surface area (TPSA) is 64.3 Å². The van der Waals surface area contributed by atoms with Gasteiger partial charge >= 0.3 is 0 Å². The summed E-state index contributed by atoms with van der Waals surface area (Å²) in [5.74, 6) is 0.769. The first-order valence-electron chi connectivity index (χ1n) is 7.07. The Morgan fingerprint density at radius 1 is 1.25 bits per heavy atom. The molecule has 0 unspecified atom stereocenters. The van der Waals surface area contributed by atoms with Crippen molar-refractivity contribution >= 4 is 17.5 Å². The molecule has 0 heterocycles. The average Bonchev–Trinajstić information content (AvgIpc) is 2.44. The lowest BCUT2D eigenvalue weighted by Gasteiger charge is -2.26. The molecule has 1 aliphatic carbocycles. The lowest BCUT2D eigenvalue weighted by molar-refractivity contribution is -0.122. The normalized spacial score (nSPS) is 22.3. The summed E-state index contributed by atoms with van der Waals surface area (Å²) in [7, 11) is 0. The summed E-state index contributed by atoms with van der Waals surface area (Å²) in [6.45, 7) is 0.375. The second kappa shape index (κ2) is 7.50. The van der Waals surface area contributed by atoms with Gasteiger partial charge in [0.1, 0.15) is 5.75 Å². The van der Waals surface area contributed by atoms with Gasteiger partial charge in [0.25, 0.3) is 0 Å². The van der Waals surface area contributed by atoms with Crippen molar-refractivity contribution < 1.29 is 9.53 Å². The van der Waals surface area contributed by atoms with Crippen LogP contribution >= 0.6 is 11.6 Å². The molecule has 1 aromatic rings. The molecule has 0 radical (unpaired) electrons. The Morgan fingerprint density at radius 2 is 1.90 bits per heavy atom. The van der Waals surface area contributed by atoms with Crippen LogP contribution in [0, 0.1) is 0 Å². The quantitative estimate of drug-likeness (QED) is 0.877. The number of nitrogens with one attached hydrogen (secondary N) is 1. The minimum Gasteiger partial charge on any atom is -0.493 e. The molecule has 0 atom stereocenters. The van der Waals surface area contributed by atoms with E-state index in [0.717, 1.165) is 31.4 Å². The van der Waals surface area contributed by atoms with Gasteiger partial charge in [0.05, 0.1) is 13.0 Å². The molecule has 0 aliphatic heterocycles. The highest BCUT2D eigenvalue weighted by molar-refractivity contribution is 6.30. The van der Waals surface area contributed by atoms with Gasteiger partial charge < -0.3 is 15.8 Å². The number of carbonyl (C=O) groups excluding carboxylic acids is 1. The van der Waals surface area contributed by atoms with E-state index in [1.165, 1.54) is 0 Å². The zero-order valence-corrected chi connectivity index (χ0v) is 12.2. The van der Waals surface area contributed by atoms with Crippen LogP contribution in [0.2, 0.25) is 5.02 Å². The van der Waals surface area contributed by atoms with Gasteiger partial charge in [-0.1, -0.05) is 11.6 Å². The summed E-state index contributed by atoms with van der Waals surface area (Å²) in [6, 6.07) is 7.70. The number of ether oxygens (including phenoxy) is 1. The first-order valence-corrected chi connectivity index (χ1v) is 7.44. The summed E-state index contributed by atoms with van der Waals surface area (Å²) in [5.41, 5.74) is 5.84. The number of rotatable bonds is 5. The molecule has 4 nitrogen and oxygen atoms in total. The second-order valence-electron chi connectivity index (χ2n) is 5.23. The van der Waals surface area contributed by atoms with E-state index in [-0.39, 0.29) is 11.9 Å². The Bertz CT molecular complexity index is 428. The summed E-state index contributed by atoms with van der Waals surface area (Å²) < 4.78 is 5.50. The van der Waals surface area contributed by atoms with Crippen molar-refractivity contribution in [3.63, 3.8) is 0 Å². The standard InChI is InChI=1S/C15H21ClN2O2/c16-11-1-7-14(8-2-11)20-10-9-15(19)18-13-5-3-12(17)4-6-13/h1-2,7-8,12-13H,3-6,9-10,17H2,(H,18,19). The fraction of sp³-hybridized carbons (Fsp3) is 0.533. The second-order valence-corrected chi connectivity index (χ2v) is 5.67. The Labute approximate surface area is 124 Å². The van der Waals surface area contributed by atoms with E-state index in [9.17, 15) is 4.79 Å². The number of carbonyl (C=O) groups is 1.